The highest BCUT2D eigenvalue weighted by molar-refractivity contribution is 5.87. The molecule has 0 aliphatic rings. The molecular weight excluding hydrogens is 160 g/mol. The SMILES string of the molecule is CO.O=C(O)c1cccc(O)c1. The van der Waals surface area contributed by atoms with Crippen LogP contribution in [0.5, 0.6) is 5.75 Å². The van der Waals surface area contributed by atoms with Crippen LogP contribution in [0, 0.1) is 0 Å². The van der Waals surface area contributed by atoms with Crippen molar-refractivity contribution < 1.29 is 20.1 Å². The van der Waals surface area contributed by atoms with Crippen molar-refractivity contribution in [1.29, 1.82) is 0 Å². The van der Waals surface area contributed by atoms with Crippen molar-refractivity contribution in [3.63, 3.8) is 0 Å². The molecule has 0 amide bonds. The summed E-state index contributed by atoms with van der Waals surface area (Å²) in [6.45, 7) is 0. The molecule has 0 heterocycles. The number of aromatic hydroxyl groups is 1. The third-order valence-corrected chi connectivity index (χ3v) is 1.09. The molecule has 0 unspecified atom stereocenters. The lowest BCUT2D eigenvalue weighted by Crippen LogP contribution is -1.94. The number of carboxylic acids is 1. The van der Waals surface area contributed by atoms with Crippen molar-refractivity contribution in [3.8, 4) is 5.75 Å². The van der Waals surface area contributed by atoms with Gasteiger partial charge in [-0.2, -0.15) is 0 Å². The summed E-state index contributed by atoms with van der Waals surface area (Å²) in [4.78, 5) is 10.2. The van der Waals surface area contributed by atoms with Gasteiger partial charge in [-0.3, -0.25) is 0 Å². The highest BCUT2D eigenvalue weighted by atomic mass is 16.4. The second-order valence-corrected chi connectivity index (χ2v) is 1.86. The summed E-state index contributed by atoms with van der Waals surface area (Å²) in [5.74, 6) is -1.06. The zero-order valence-corrected chi connectivity index (χ0v) is 6.56. The quantitative estimate of drug-likeness (QED) is 0.579. The number of aromatic carboxylic acids is 1. The second-order valence-electron chi connectivity index (χ2n) is 1.86. The molecule has 1 aromatic rings. The minimum absolute atomic E-state index is 0.0279. The predicted octanol–water partition coefficient (Wildman–Crippen LogP) is 0.699. The number of hydrogen-bond donors (Lipinski definition) is 3. The Hall–Kier alpha value is -1.55. The Morgan fingerprint density at radius 3 is 2.25 bits per heavy atom. The number of phenolic OH excluding ortho intramolecular Hbond substituents is 1. The van der Waals surface area contributed by atoms with Crippen molar-refractivity contribution in [3.05, 3.63) is 29.8 Å². The Bertz CT molecular complexity index is 257. The van der Waals surface area contributed by atoms with Crippen molar-refractivity contribution in [2.75, 3.05) is 7.11 Å². The van der Waals surface area contributed by atoms with E-state index in [2.05, 4.69) is 0 Å². The van der Waals surface area contributed by atoms with Crippen molar-refractivity contribution in [1.82, 2.24) is 0 Å². The van der Waals surface area contributed by atoms with Gasteiger partial charge in [0.15, 0.2) is 0 Å². The molecule has 1 aromatic carbocycles. The van der Waals surface area contributed by atoms with Gasteiger partial charge < -0.3 is 15.3 Å². The normalized spacial score (nSPS) is 8.17. The third-order valence-electron chi connectivity index (χ3n) is 1.09. The third kappa shape index (κ3) is 3.03. The number of rotatable bonds is 1. The summed E-state index contributed by atoms with van der Waals surface area (Å²) in [7, 11) is 1.00. The maximum absolute atomic E-state index is 10.2. The van der Waals surface area contributed by atoms with E-state index in [1.165, 1.54) is 24.3 Å². The number of aliphatic hydroxyl groups excluding tert-OH is 1. The van der Waals surface area contributed by atoms with Crippen LogP contribution in [-0.2, 0) is 0 Å². The van der Waals surface area contributed by atoms with Gasteiger partial charge in [0.25, 0.3) is 0 Å². The first kappa shape index (κ1) is 10.4. The molecule has 66 valence electrons. The number of carboxylic acid groups (broad SMARTS) is 1. The van der Waals surface area contributed by atoms with E-state index in [1.54, 1.807) is 0 Å². The molecular formula is C8H10O4. The number of aliphatic hydroxyl groups is 1. The Morgan fingerprint density at radius 2 is 1.92 bits per heavy atom. The molecule has 0 aliphatic carbocycles. The summed E-state index contributed by atoms with van der Waals surface area (Å²) < 4.78 is 0. The number of benzene rings is 1. The largest absolute Gasteiger partial charge is 0.508 e. The molecule has 0 atom stereocenters. The van der Waals surface area contributed by atoms with E-state index < -0.39 is 5.97 Å². The summed E-state index contributed by atoms with van der Waals surface area (Å²) in [6, 6.07) is 5.52. The minimum atomic E-state index is -1.03. The van der Waals surface area contributed by atoms with Crippen LogP contribution < -0.4 is 0 Å². The highest BCUT2D eigenvalue weighted by Gasteiger charge is 2.00. The zero-order chi connectivity index (χ0) is 9.56. The molecule has 0 spiro atoms. The zero-order valence-electron chi connectivity index (χ0n) is 6.56. The number of phenols is 1. The summed E-state index contributed by atoms with van der Waals surface area (Å²) in [6.07, 6.45) is 0. The van der Waals surface area contributed by atoms with Crippen LogP contribution in [0.25, 0.3) is 0 Å². The second kappa shape index (κ2) is 5.15. The maximum atomic E-state index is 10.2. The van der Waals surface area contributed by atoms with E-state index >= 15 is 0 Å². The monoisotopic (exact) mass is 170 g/mol. The fourth-order valence-electron chi connectivity index (χ4n) is 0.639. The molecule has 4 nitrogen and oxygen atoms in total. The first-order chi connectivity index (χ1) is 5.70. The van der Waals surface area contributed by atoms with Gasteiger partial charge in [-0.05, 0) is 18.2 Å². The Kier molecular flexibility index (Phi) is 4.48. The van der Waals surface area contributed by atoms with Crippen LogP contribution in [0.2, 0.25) is 0 Å². The van der Waals surface area contributed by atoms with Crippen molar-refractivity contribution >= 4 is 5.97 Å². The molecule has 0 aliphatic heterocycles. The van der Waals surface area contributed by atoms with Gasteiger partial charge in [-0.15, -0.1) is 0 Å². The molecule has 1 rings (SSSR count). The van der Waals surface area contributed by atoms with E-state index in [9.17, 15) is 4.79 Å². The van der Waals surface area contributed by atoms with E-state index in [0.717, 1.165) is 7.11 Å². The van der Waals surface area contributed by atoms with Crippen LogP contribution in [0.3, 0.4) is 0 Å². The fraction of sp³-hybridized carbons (Fsp3) is 0.125. The Labute approximate surface area is 69.7 Å². The van der Waals surface area contributed by atoms with Gasteiger partial charge in [0.05, 0.1) is 5.56 Å². The number of hydrogen-bond acceptors (Lipinski definition) is 3. The molecule has 3 N–H and O–H groups in total. The van der Waals surface area contributed by atoms with E-state index in [1.807, 2.05) is 0 Å². The Balaban J connectivity index is 0.000000561. The topological polar surface area (TPSA) is 77.8 Å². The van der Waals surface area contributed by atoms with Gasteiger partial charge in [0, 0.05) is 7.11 Å². The number of carbonyl (C=O) groups is 1. The standard InChI is InChI=1S/C7H6O3.CH4O/c8-6-3-1-2-5(4-6)7(9)10;1-2/h1-4,8H,(H,9,10);2H,1H3. The molecule has 0 fully saturated rings. The molecule has 0 saturated heterocycles. The minimum Gasteiger partial charge on any atom is -0.508 e. The lowest BCUT2D eigenvalue weighted by Gasteiger charge is -1.92. The van der Waals surface area contributed by atoms with Crippen LogP contribution >= 0.6 is 0 Å². The van der Waals surface area contributed by atoms with E-state index in [4.69, 9.17) is 15.3 Å². The van der Waals surface area contributed by atoms with Gasteiger partial charge in [0.1, 0.15) is 5.75 Å². The van der Waals surface area contributed by atoms with E-state index in [0.29, 0.717) is 0 Å². The van der Waals surface area contributed by atoms with Gasteiger partial charge in [-0.1, -0.05) is 6.07 Å². The molecule has 12 heavy (non-hydrogen) atoms. The highest BCUT2D eigenvalue weighted by Crippen LogP contribution is 2.09. The smallest absolute Gasteiger partial charge is 0.335 e. The first-order valence-corrected chi connectivity index (χ1v) is 3.17. The lowest BCUT2D eigenvalue weighted by atomic mass is 10.2. The van der Waals surface area contributed by atoms with Gasteiger partial charge in [-0.25, -0.2) is 4.79 Å². The lowest BCUT2D eigenvalue weighted by molar-refractivity contribution is 0.0696. The molecule has 0 aromatic heterocycles. The van der Waals surface area contributed by atoms with Crippen LogP contribution in [-0.4, -0.2) is 28.4 Å². The summed E-state index contributed by atoms with van der Waals surface area (Å²) >= 11 is 0. The van der Waals surface area contributed by atoms with Crippen molar-refractivity contribution in [2.24, 2.45) is 0 Å². The Morgan fingerprint density at radius 1 is 1.33 bits per heavy atom. The average Bonchev–Trinajstić information content (AvgIpc) is 2.08. The molecule has 0 radical (unpaired) electrons. The van der Waals surface area contributed by atoms with Gasteiger partial charge >= 0.3 is 5.97 Å². The summed E-state index contributed by atoms with van der Waals surface area (Å²) in [5.41, 5.74) is 0.0972. The van der Waals surface area contributed by atoms with Crippen molar-refractivity contribution in [2.45, 2.75) is 0 Å². The van der Waals surface area contributed by atoms with Crippen LogP contribution in [0.15, 0.2) is 24.3 Å². The fourth-order valence-corrected chi connectivity index (χ4v) is 0.639. The molecule has 0 saturated carbocycles. The molecule has 0 bridgehead atoms. The summed E-state index contributed by atoms with van der Waals surface area (Å²) in [5, 5.41) is 24.2. The average molecular weight is 170 g/mol. The van der Waals surface area contributed by atoms with Crippen LogP contribution in [0.4, 0.5) is 0 Å². The first-order valence-electron chi connectivity index (χ1n) is 3.17. The predicted molar refractivity (Wildman–Crippen MR) is 43.2 cm³/mol. The maximum Gasteiger partial charge on any atom is 0.335 e. The molecule has 4 heteroatoms. The van der Waals surface area contributed by atoms with E-state index in [-0.39, 0.29) is 11.3 Å². The van der Waals surface area contributed by atoms with Crippen LogP contribution in [0.1, 0.15) is 10.4 Å². The van der Waals surface area contributed by atoms with Gasteiger partial charge in [0.2, 0.25) is 0 Å².